The van der Waals surface area contributed by atoms with Crippen LogP contribution in [0.5, 0.6) is 0 Å². The summed E-state index contributed by atoms with van der Waals surface area (Å²) in [5, 5.41) is 15.1. The molecule has 0 bridgehead atoms. The van der Waals surface area contributed by atoms with E-state index >= 15 is 0 Å². The average Bonchev–Trinajstić information content (AvgIpc) is 3.39. The minimum absolute atomic E-state index is 0.0842. The molecular weight excluding hydrogens is 428 g/mol. The van der Waals surface area contributed by atoms with E-state index in [-0.39, 0.29) is 24.1 Å². The molecule has 10 heteroatoms. The van der Waals surface area contributed by atoms with Crippen LogP contribution in [0.4, 0.5) is 5.69 Å². The second-order valence-corrected chi connectivity index (χ2v) is 8.01. The third-order valence-corrected chi connectivity index (χ3v) is 5.45. The number of likely N-dealkylation sites (tertiary alicyclic amines) is 1. The molecule has 3 heterocycles. The lowest BCUT2D eigenvalue weighted by Crippen LogP contribution is -2.41. The third kappa shape index (κ3) is 5.46. The maximum absolute atomic E-state index is 13.1. The Bertz CT molecular complexity index is 1200. The van der Waals surface area contributed by atoms with Gasteiger partial charge in [0, 0.05) is 22.5 Å². The number of fused-ring (bicyclic) bond motifs is 1. The number of nitrogens with one attached hydrogen (secondary N) is 1. The zero-order valence-electron chi connectivity index (χ0n) is 18.2. The summed E-state index contributed by atoms with van der Waals surface area (Å²) in [6.45, 7) is 1.63. The highest BCUT2D eigenvalue weighted by atomic mass is 16.6. The number of carbonyl (C=O) groups is 2. The summed E-state index contributed by atoms with van der Waals surface area (Å²) >= 11 is 0. The quantitative estimate of drug-likeness (QED) is 0.190. The van der Waals surface area contributed by atoms with Gasteiger partial charge in [-0.3, -0.25) is 24.7 Å². The average molecular weight is 452 g/mol. The van der Waals surface area contributed by atoms with Crippen LogP contribution in [-0.4, -0.2) is 53.0 Å². The van der Waals surface area contributed by atoms with E-state index in [1.54, 1.807) is 18.2 Å². The summed E-state index contributed by atoms with van der Waals surface area (Å²) in [5.41, 5.74) is 1.72. The van der Waals surface area contributed by atoms with Crippen molar-refractivity contribution >= 4 is 34.2 Å². The molecular formula is C23H24N4O6. The Hall–Kier alpha value is -3.95. The van der Waals surface area contributed by atoms with Crippen LogP contribution in [-0.2, 0) is 4.79 Å². The molecule has 33 heavy (non-hydrogen) atoms. The van der Waals surface area contributed by atoms with Crippen molar-refractivity contribution in [2.45, 2.75) is 32.2 Å². The van der Waals surface area contributed by atoms with Gasteiger partial charge >= 0.3 is 0 Å². The highest BCUT2D eigenvalue weighted by molar-refractivity contribution is 6.01. The number of nitro groups is 1. The monoisotopic (exact) mass is 452 g/mol. The number of ketones is 1. The van der Waals surface area contributed by atoms with Crippen molar-refractivity contribution in [1.82, 2.24) is 4.90 Å². The number of nitrogens with zero attached hydrogens (tertiary/aromatic N) is 3. The number of hydrogen-bond donors (Lipinski definition) is 1. The summed E-state index contributed by atoms with van der Waals surface area (Å²) in [6.07, 6.45) is 4.66. The van der Waals surface area contributed by atoms with Gasteiger partial charge in [0.1, 0.15) is 23.6 Å². The van der Waals surface area contributed by atoms with Gasteiger partial charge in [0.2, 0.25) is 5.91 Å². The number of anilines is 1. The Kier molecular flexibility index (Phi) is 6.53. The van der Waals surface area contributed by atoms with Crippen molar-refractivity contribution < 1.29 is 23.3 Å². The Morgan fingerprint density at radius 1 is 1.30 bits per heavy atom. The van der Waals surface area contributed by atoms with Crippen LogP contribution in [0.3, 0.4) is 0 Å². The molecule has 0 aliphatic carbocycles. The molecule has 1 N–H and O–H groups in total. The second-order valence-electron chi connectivity index (χ2n) is 8.01. The fraction of sp³-hybridized carbons (Fsp3) is 0.348. The zero-order chi connectivity index (χ0) is 23.4. The predicted octanol–water partition coefficient (Wildman–Crippen LogP) is 3.69. The summed E-state index contributed by atoms with van der Waals surface area (Å²) in [4.78, 5) is 42.3. The first-order valence-corrected chi connectivity index (χ1v) is 10.7. The molecule has 1 aromatic carbocycles. The highest BCUT2D eigenvalue weighted by Gasteiger charge is 2.29. The first-order valence-electron chi connectivity index (χ1n) is 10.7. The number of amidine groups is 1. The molecule has 2 aromatic heterocycles. The van der Waals surface area contributed by atoms with Crippen molar-refractivity contribution in [2.24, 2.45) is 4.99 Å². The van der Waals surface area contributed by atoms with Gasteiger partial charge in [0.15, 0.2) is 11.6 Å². The molecule has 1 atom stereocenters. The van der Waals surface area contributed by atoms with Crippen molar-refractivity contribution in [1.29, 1.82) is 0 Å². The van der Waals surface area contributed by atoms with Gasteiger partial charge in [-0.05, 0) is 56.5 Å². The van der Waals surface area contributed by atoms with E-state index in [9.17, 15) is 19.7 Å². The lowest BCUT2D eigenvalue weighted by molar-refractivity contribution is -0.463. The van der Waals surface area contributed by atoms with E-state index in [2.05, 4.69) is 10.3 Å². The molecule has 172 valence electrons. The molecule has 1 unspecified atom stereocenters. The maximum Gasteiger partial charge on any atom is 0.260 e. The van der Waals surface area contributed by atoms with E-state index in [0.29, 0.717) is 29.8 Å². The third-order valence-electron chi connectivity index (χ3n) is 5.45. The highest BCUT2D eigenvalue weighted by Crippen LogP contribution is 2.23. The van der Waals surface area contributed by atoms with E-state index < -0.39 is 17.5 Å². The number of hydrogen-bond acceptors (Lipinski definition) is 7. The molecule has 1 aliphatic heterocycles. The topological polar surface area (TPSA) is 131 Å². The molecule has 10 nitrogen and oxygen atoms in total. The normalized spacial score (nSPS) is 17.2. The molecule has 1 amide bonds. The fourth-order valence-corrected chi connectivity index (χ4v) is 3.89. The maximum atomic E-state index is 13.1. The number of aliphatic imine (C=N–C) groups is 1. The number of rotatable bonds is 7. The molecule has 1 fully saturated rings. The van der Waals surface area contributed by atoms with Gasteiger partial charge in [-0.15, -0.1) is 0 Å². The number of furan rings is 2. The molecule has 0 saturated carbocycles. The van der Waals surface area contributed by atoms with Crippen LogP contribution < -0.4 is 5.32 Å². The van der Waals surface area contributed by atoms with Gasteiger partial charge in [-0.2, -0.15) is 0 Å². The van der Waals surface area contributed by atoms with Gasteiger partial charge in [0.05, 0.1) is 18.4 Å². The summed E-state index contributed by atoms with van der Waals surface area (Å²) in [5.74, 6) is 0.304. The minimum atomic E-state index is -0.799. The summed E-state index contributed by atoms with van der Waals surface area (Å²) in [7, 11) is 0. The van der Waals surface area contributed by atoms with Crippen molar-refractivity contribution in [3.8, 4) is 0 Å². The predicted molar refractivity (Wildman–Crippen MR) is 121 cm³/mol. The van der Waals surface area contributed by atoms with E-state index in [1.165, 1.54) is 17.4 Å². The van der Waals surface area contributed by atoms with Gasteiger partial charge in [0.25, 0.3) is 6.54 Å². The van der Waals surface area contributed by atoms with Crippen LogP contribution in [0.15, 0.2) is 56.7 Å². The van der Waals surface area contributed by atoms with E-state index in [1.807, 2.05) is 19.1 Å². The number of benzene rings is 1. The largest absolute Gasteiger partial charge is 0.472 e. The van der Waals surface area contributed by atoms with Crippen LogP contribution in [0.2, 0.25) is 0 Å². The van der Waals surface area contributed by atoms with Gasteiger partial charge < -0.3 is 19.1 Å². The van der Waals surface area contributed by atoms with Crippen molar-refractivity contribution in [2.75, 3.05) is 25.0 Å². The van der Waals surface area contributed by atoms with E-state index in [0.717, 1.165) is 24.0 Å². The van der Waals surface area contributed by atoms with Crippen LogP contribution >= 0.6 is 0 Å². The molecule has 0 radical (unpaired) electrons. The Morgan fingerprint density at radius 3 is 2.91 bits per heavy atom. The molecule has 1 saturated heterocycles. The number of amides is 1. The van der Waals surface area contributed by atoms with Gasteiger partial charge in [-0.25, -0.2) is 0 Å². The van der Waals surface area contributed by atoms with Crippen molar-refractivity contribution in [3.63, 3.8) is 0 Å². The Balaban J connectivity index is 1.54. The number of Topliss-reactive ketones (excluding diaryl/α,β-unsaturated/α-hetero) is 1. The smallest absolute Gasteiger partial charge is 0.260 e. The first-order chi connectivity index (χ1) is 15.9. The van der Waals surface area contributed by atoms with Gasteiger partial charge in [-0.1, -0.05) is 0 Å². The first kappa shape index (κ1) is 22.3. The second kappa shape index (κ2) is 9.68. The Labute approximate surface area is 189 Å². The lowest BCUT2D eigenvalue weighted by atomic mass is 10.1. The minimum Gasteiger partial charge on any atom is -0.472 e. The molecule has 3 aromatic rings. The van der Waals surface area contributed by atoms with Crippen LogP contribution in [0.1, 0.15) is 35.4 Å². The molecule has 1 aliphatic rings. The SMILES string of the molecule is Cc1cc2cc(NC(C[N+](=O)[O-])=NC3CCCCN(CC(=O)c4ccoc4)C3=O)ccc2o1. The van der Waals surface area contributed by atoms with E-state index in [4.69, 9.17) is 8.83 Å². The summed E-state index contributed by atoms with van der Waals surface area (Å²) in [6, 6.07) is 7.95. The van der Waals surface area contributed by atoms with Crippen LogP contribution in [0.25, 0.3) is 11.0 Å². The Morgan fingerprint density at radius 2 is 2.15 bits per heavy atom. The lowest BCUT2D eigenvalue weighted by Gasteiger charge is -2.22. The zero-order valence-corrected chi connectivity index (χ0v) is 18.2. The molecule has 0 spiro atoms. The fourth-order valence-electron chi connectivity index (χ4n) is 3.89. The molecule has 4 rings (SSSR count). The standard InChI is InChI=1S/C23H24N4O6/c1-15-10-17-11-18(5-6-21(17)33-15)24-22(13-27(30)31)25-19-4-2-3-8-26(23(19)29)12-20(28)16-7-9-32-14-16/h5-7,9-11,14,19H,2-4,8,12-13H2,1H3,(H,24,25). The summed E-state index contributed by atoms with van der Waals surface area (Å²) < 4.78 is 10.5. The van der Waals surface area contributed by atoms with Crippen molar-refractivity contribution in [3.05, 3.63) is 64.3 Å². The van der Waals surface area contributed by atoms with Crippen LogP contribution in [0, 0.1) is 17.0 Å². The number of carbonyl (C=O) groups excluding carboxylic acids is 2. The number of aryl methyl sites for hydroxylation is 1.